The molecule has 2 saturated heterocycles. The second-order valence-corrected chi connectivity index (χ2v) is 7.45. The predicted octanol–water partition coefficient (Wildman–Crippen LogP) is 3.95. The lowest BCUT2D eigenvalue weighted by molar-refractivity contribution is 0.177. The molecule has 122 valence electrons. The van der Waals surface area contributed by atoms with Crippen LogP contribution in [0.2, 0.25) is 0 Å². The molecule has 2 aromatic carbocycles. The summed E-state index contributed by atoms with van der Waals surface area (Å²) in [5.41, 5.74) is 2.84. The van der Waals surface area contributed by atoms with Crippen LogP contribution in [0, 0.1) is 11.8 Å². The van der Waals surface area contributed by atoms with Gasteiger partial charge in [0.2, 0.25) is 0 Å². The second kappa shape index (κ2) is 5.78. The topological polar surface area (TPSA) is 6.48 Å². The summed E-state index contributed by atoms with van der Waals surface area (Å²) < 4.78 is 0. The number of fused-ring (bicyclic) bond motifs is 5. The van der Waals surface area contributed by atoms with Crippen molar-refractivity contribution in [2.24, 2.45) is 11.8 Å². The Hall–Kier alpha value is -2.06. The Balaban J connectivity index is 1.38. The molecule has 2 nitrogen and oxygen atoms in total. The average Bonchev–Trinajstić information content (AvgIpc) is 3.13. The molecule has 0 saturated carbocycles. The Labute approximate surface area is 144 Å². The maximum atomic E-state index is 2.77. The standard InChI is InChI=1S/C22H24N2/c1-3-8-17(9-4-1)14-24-21-12-7-13-22(24)20-16-23(15-19(20)21)18-10-5-2-6-11-18/h1-12,19-22H,13-16H2. The second-order valence-electron chi connectivity index (χ2n) is 7.45. The van der Waals surface area contributed by atoms with Crippen molar-refractivity contribution in [2.75, 3.05) is 18.0 Å². The molecule has 4 unspecified atom stereocenters. The predicted molar refractivity (Wildman–Crippen MR) is 99.0 cm³/mol. The van der Waals surface area contributed by atoms with Crippen molar-refractivity contribution in [1.82, 2.24) is 4.90 Å². The van der Waals surface area contributed by atoms with Gasteiger partial charge in [-0.3, -0.25) is 4.90 Å². The van der Waals surface area contributed by atoms with E-state index < -0.39 is 0 Å². The number of benzene rings is 2. The van der Waals surface area contributed by atoms with E-state index in [0.29, 0.717) is 12.1 Å². The van der Waals surface area contributed by atoms with E-state index in [9.17, 15) is 0 Å². The van der Waals surface area contributed by atoms with Gasteiger partial charge in [0.1, 0.15) is 0 Å². The zero-order chi connectivity index (χ0) is 15.9. The normalized spacial score (nSPS) is 31.4. The fraction of sp³-hybridized carbons (Fsp3) is 0.364. The van der Waals surface area contributed by atoms with Crippen LogP contribution in [0.25, 0.3) is 0 Å². The minimum Gasteiger partial charge on any atom is -0.371 e. The van der Waals surface area contributed by atoms with Crippen LogP contribution in [-0.2, 0) is 6.54 Å². The summed E-state index contributed by atoms with van der Waals surface area (Å²) in [5, 5.41) is 0. The molecule has 2 bridgehead atoms. The lowest BCUT2D eigenvalue weighted by Gasteiger charge is -2.35. The van der Waals surface area contributed by atoms with E-state index in [1.807, 2.05) is 0 Å². The van der Waals surface area contributed by atoms with Crippen LogP contribution in [0.1, 0.15) is 12.0 Å². The van der Waals surface area contributed by atoms with Gasteiger partial charge in [-0.1, -0.05) is 60.7 Å². The summed E-state index contributed by atoms with van der Waals surface area (Å²) in [6, 6.07) is 23.2. The van der Waals surface area contributed by atoms with Crippen molar-refractivity contribution in [2.45, 2.75) is 25.0 Å². The number of para-hydroxylation sites is 1. The van der Waals surface area contributed by atoms with Crippen molar-refractivity contribution < 1.29 is 0 Å². The third-order valence-electron chi connectivity index (χ3n) is 6.19. The molecule has 0 radical (unpaired) electrons. The Morgan fingerprint density at radius 1 is 0.833 bits per heavy atom. The van der Waals surface area contributed by atoms with Gasteiger partial charge in [0.25, 0.3) is 0 Å². The minimum atomic E-state index is 0.614. The Morgan fingerprint density at radius 2 is 1.54 bits per heavy atom. The fourth-order valence-corrected chi connectivity index (χ4v) is 5.12. The summed E-state index contributed by atoms with van der Waals surface area (Å²) in [6.07, 6.45) is 6.13. The molecule has 3 aliphatic rings. The molecule has 24 heavy (non-hydrogen) atoms. The first kappa shape index (κ1) is 14.3. The number of nitrogens with zero attached hydrogens (tertiary/aromatic N) is 2. The highest BCUT2D eigenvalue weighted by Crippen LogP contribution is 2.46. The molecule has 5 rings (SSSR count). The van der Waals surface area contributed by atoms with E-state index in [0.717, 1.165) is 18.4 Å². The lowest BCUT2D eigenvalue weighted by Crippen LogP contribution is -2.42. The molecule has 0 amide bonds. The molecule has 4 atom stereocenters. The quantitative estimate of drug-likeness (QED) is 0.791. The Morgan fingerprint density at radius 3 is 2.33 bits per heavy atom. The van der Waals surface area contributed by atoms with Crippen molar-refractivity contribution in [3.8, 4) is 0 Å². The van der Waals surface area contributed by atoms with E-state index in [-0.39, 0.29) is 0 Å². The fourth-order valence-electron chi connectivity index (χ4n) is 5.12. The number of hydrogen-bond donors (Lipinski definition) is 0. The van der Waals surface area contributed by atoms with E-state index in [2.05, 4.69) is 82.6 Å². The smallest absolute Gasteiger partial charge is 0.0366 e. The highest BCUT2D eigenvalue weighted by atomic mass is 15.3. The number of hydrogen-bond acceptors (Lipinski definition) is 2. The van der Waals surface area contributed by atoms with Gasteiger partial charge in [0, 0.05) is 43.3 Å². The van der Waals surface area contributed by atoms with Gasteiger partial charge < -0.3 is 4.90 Å². The van der Waals surface area contributed by atoms with E-state index in [1.54, 1.807) is 0 Å². The van der Waals surface area contributed by atoms with Crippen LogP contribution in [0.3, 0.4) is 0 Å². The summed E-state index contributed by atoms with van der Waals surface area (Å²) in [6.45, 7) is 3.51. The summed E-state index contributed by atoms with van der Waals surface area (Å²) in [4.78, 5) is 5.38. The van der Waals surface area contributed by atoms with Crippen molar-refractivity contribution in [3.63, 3.8) is 0 Å². The molecule has 3 aliphatic heterocycles. The third-order valence-corrected chi connectivity index (χ3v) is 6.19. The molecule has 0 spiro atoms. The molecular formula is C22H24N2. The van der Waals surface area contributed by atoms with Gasteiger partial charge in [0.15, 0.2) is 0 Å². The van der Waals surface area contributed by atoms with Crippen LogP contribution < -0.4 is 4.90 Å². The van der Waals surface area contributed by atoms with Crippen LogP contribution in [-0.4, -0.2) is 30.1 Å². The summed E-state index contributed by atoms with van der Waals surface area (Å²) >= 11 is 0. The highest BCUT2D eigenvalue weighted by Gasteiger charge is 2.52. The molecule has 0 N–H and O–H groups in total. The molecule has 2 aromatic rings. The van der Waals surface area contributed by atoms with Crippen LogP contribution >= 0.6 is 0 Å². The summed E-state index contributed by atoms with van der Waals surface area (Å²) in [5.74, 6) is 1.58. The molecule has 3 heterocycles. The number of anilines is 1. The largest absolute Gasteiger partial charge is 0.371 e. The van der Waals surface area contributed by atoms with Crippen molar-refractivity contribution in [1.29, 1.82) is 0 Å². The molecule has 0 aliphatic carbocycles. The Kier molecular flexibility index (Phi) is 3.45. The first-order chi connectivity index (χ1) is 11.9. The monoisotopic (exact) mass is 316 g/mol. The van der Waals surface area contributed by atoms with Gasteiger partial charge >= 0.3 is 0 Å². The van der Waals surface area contributed by atoms with E-state index in [4.69, 9.17) is 0 Å². The van der Waals surface area contributed by atoms with Crippen molar-refractivity contribution in [3.05, 3.63) is 78.4 Å². The lowest BCUT2D eigenvalue weighted by atomic mass is 9.91. The van der Waals surface area contributed by atoms with E-state index >= 15 is 0 Å². The molecule has 0 aromatic heterocycles. The van der Waals surface area contributed by atoms with Crippen molar-refractivity contribution >= 4 is 5.69 Å². The SMILES string of the molecule is C1=CC2C3CN(c4ccccc4)CC3C(C1)N2Cc1ccccc1. The maximum absolute atomic E-state index is 2.77. The zero-order valence-electron chi connectivity index (χ0n) is 14.0. The third kappa shape index (κ3) is 2.29. The molecule has 2 heteroatoms. The van der Waals surface area contributed by atoms with E-state index in [1.165, 1.54) is 30.8 Å². The van der Waals surface area contributed by atoms with Gasteiger partial charge in [-0.05, 0) is 30.0 Å². The van der Waals surface area contributed by atoms with Gasteiger partial charge in [-0.25, -0.2) is 0 Å². The number of rotatable bonds is 3. The average molecular weight is 316 g/mol. The maximum Gasteiger partial charge on any atom is 0.0366 e. The summed E-state index contributed by atoms with van der Waals surface area (Å²) in [7, 11) is 0. The minimum absolute atomic E-state index is 0.614. The first-order valence-electron chi connectivity index (χ1n) is 9.16. The van der Waals surface area contributed by atoms with Crippen LogP contribution in [0.5, 0.6) is 0 Å². The Bertz CT molecular complexity index is 722. The van der Waals surface area contributed by atoms with Crippen LogP contribution in [0.15, 0.2) is 72.8 Å². The van der Waals surface area contributed by atoms with Gasteiger partial charge in [-0.2, -0.15) is 0 Å². The van der Waals surface area contributed by atoms with Gasteiger partial charge in [0.05, 0.1) is 0 Å². The van der Waals surface area contributed by atoms with Gasteiger partial charge in [-0.15, -0.1) is 0 Å². The highest BCUT2D eigenvalue weighted by molar-refractivity contribution is 5.48. The molecular weight excluding hydrogens is 292 g/mol. The first-order valence-corrected chi connectivity index (χ1v) is 9.16. The molecule has 2 fully saturated rings. The van der Waals surface area contributed by atoms with Crippen LogP contribution in [0.4, 0.5) is 5.69 Å². The zero-order valence-corrected chi connectivity index (χ0v) is 14.0.